The Labute approximate surface area is 120 Å². The van der Waals surface area contributed by atoms with E-state index in [9.17, 15) is 13.6 Å². The second-order valence-corrected chi connectivity index (χ2v) is 4.44. The first-order valence-corrected chi connectivity index (χ1v) is 6.28. The molecular weight excluding hydrogens is 280 g/mol. The van der Waals surface area contributed by atoms with Gasteiger partial charge in [-0.25, -0.2) is 0 Å². The molecule has 7 heteroatoms. The third kappa shape index (κ3) is 3.56. The topological polar surface area (TPSA) is 56.1 Å². The fourth-order valence-corrected chi connectivity index (χ4v) is 1.84. The Bertz CT molecular complexity index is 641. The SMILES string of the molecule is Cc1c(CNC(=O)c2ccccc2OC(F)F)cnn1C. The van der Waals surface area contributed by atoms with Crippen molar-refractivity contribution in [3.8, 4) is 5.75 Å². The van der Waals surface area contributed by atoms with Crippen LogP contribution in [0.25, 0.3) is 0 Å². The van der Waals surface area contributed by atoms with Gasteiger partial charge < -0.3 is 10.1 Å². The van der Waals surface area contributed by atoms with Crippen LogP contribution in [0.1, 0.15) is 21.6 Å². The lowest BCUT2D eigenvalue weighted by Gasteiger charge is -2.10. The lowest BCUT2D eigenvalue weighted by atomic mass is 10.2. The van der Waals surface area contributed by atoms with Gasteiger partial charge in [0.25, 0.3) is 5.91 Å². The summed E-state index contributed by atoms with van der Waals surface area (Å²) in [6, 6.07) is 5.88. The zero-order valence-corrected chi connectivity index (χ0v) is 11.6. The van der Waals surface area contributed by atoms with Crippen molar-refractivity contribution >= 4 is 5.91 Å². The third-order valence-corrected chi connectivity index (χ3v) is 3.12. The fraction of sp³-hybridized carbons (Fsp3) is 0.286. The van der Waals surface area contributed by atoms with Gasteiger partial charge >= 0.3 is 6.61 Å². The van der Waals surface area contributed by atoms with Crippen LogP contribution < -0.4 is 10.1 Å². The van der Waals surface area contributed by atoms with Crippen LogP contribution in [0.2, 0.25) is 0 Å². The van der Waals surface area contributed by atoms with Gasteiger partial charge in [-0.05, 0) is 19.1 Å². The number of benzene rings is 1. The zero-order chi connectivity index (χ0) is 15.4. The maximum Gasteiger partial charge on any atom is 0.387 e. The summed E-state index contributed by atoms with van der Waals surface area (Å²) in [7, 11) is 1.80. The van der Waals surface area contributed by atoms with Crippen molar-refractivity contribution in [2.75, 3.05) is 0 Å². The highest BCUT2D eigenvalue weighted by molar-refractivity contribution is 5.96. The number of hydrogen-bond donors (Lipinski definition) is 1. The number of alkyl halides is 2. The number of carbonyl (C=O) groups is 1. The lowest BCUT2D eigenvalue weighted by Crippen LogP contribution is -2.24. The number of amides is 1. The monoisotopic (exact) mass is 295 g/mol. The molecule has 1 N–H and O–H groups in total. The quantitative estimate of drug-likeness (QED) is 0.920. The lowest BCUT2D eigenvalue weighted by molar-refractivity contribution is -0.0501. The van der Waals surface area contributed by atoms with Crippen LogP contribution in [0.4, 0.5) is 8.78 Å². The van der Waals surface area contributed by atoms with E-state index in [-0.39, 0.29) is 17.9 Å². The molecule has 0 unspecified atom stereocenters. The molecule has 0 fully saturated rings. The van der Waals surface area contributed by atoms with Gasteiger partial charge in [0, 0.05) is 24.8 Å². The maximum absolute atomic E-state index is 12.3. The molecule has 1 amide bonds. The van der Waals surface area contributed by atoms with Gasteiger partial charge in [0.1, 0.15) is 5.75 Å². The van der Waals surface area contributed by atoms with Crippen LogP contribution >= 0.6 is 0 Å². The van der Waals surface area contributed by atoms with E-state index in [4.69, 9.17) is 0 Å². The Hall–Kier alpha value is -2.44. The number of aromatic nitrogens is 2. The molecule has 1 aromatic heterocycles. The normalized spacial score (nSPS) is 10.7. The molecule has 0 aliphatic carbocycles. The number of nitrogens with one attached hydrogen (secondary N) is 1. The van der Waals surface area contributed by atoms with Gasteiger partial charge in [-0.3, -0.25) is 9.48 Å². The van der Waals surface area contributed by atoms with Crippen molar-refractivity contribution in [3.63, 3.8) is 0 Å². The molecule has 0 spiro atoms. The van der Waals surface area contributed by atoms with Crippen LogP contribution in [-0.2, 0) is 13.6 Å². The fourth-order valence-electron chi connectivity index (χ4n) is 1.84. The minimum absolute atomic E-state index is 0.0688. The summed E-state index contributed by atoms with van der Waals surface area (Å²) < 4.78 is 30.6. The van der Waals surface area contributed by atoms with Crippen LogP contribution in [0.5, 0.6) is 5.75 Å². The summed E-state index contributed by atoms with van der Waals surface area (Å²) >= 11 is 0. The van der Waals surface area contributed by atoms with E-state index in [1.165, 1.54) is 18.2 Å². The number of rotatable bonds is 5. The van der Waals surface area contributed by atoms with Crippen molar-refractivity contribution in [2.24, 2.45) is 7.05 Å². The van der Waals surface area contributed by atoms with E-state index >= 15 is 0 Å². The number of nitrogens with zero attached hydrogens (tertiary/aromatic N) is 2. The maximum atomic E-state index is 12.3. The smallest absolute Gasteiger partial charge is 0.387 e. The average Bonchev–Trinajstić information content (AvgIpc) is 2.76. The van der Waals surface area contributed by atoms with E-state index in [2.05, 4.69) is 15.2 Å². The molecule has 0 atom stereocenters. The molecule has 0 aliphatic rings. The van der Waals surface area contributed by atoms with E-state index in [0.29, 0.717) is 0 Å². The van der Waals surface area contributed by atoms with Crippen LogP contribution in [0.15, 0.2) is 30.5 Å². The molecule has 5 nitrogen and oxygen atoms in total. The molecule has 21 heavy (non-hydrogen) atoms. The van der Waals surface area contributed by atoms with Gasteiger partial charge in [0.2, 0.25) is 0 Å². The van der Waals surface area contributed by atoms with Gasteiger partial charge in [-0.1, -0.05) is 12.1 Å². The molecule has 0 radical (unpaired) electrons. The highest BCUT2D eigenvalue weighted by Crippen LogP contribution is 2.20. The molecule has 2 rings (SSSR count). The predicted octanol–water partition coefficient (Wildman–Crippen LogP) is 2.26. The van der Waals surface area contributed by atoms with E-state index < -0.39 is 12.5 Å². The summed E-state index contributed by atoms with van der Waals surface area (Å²) in [5.41, 5.74) is 1.85. The van der Waals surface area contributed by atoms with Gasteiger partial charge in [0.15, 0.2) is 0 Å². The summed E-state index contributed by atoms with van der Waals surface area (Å²) in [5, 5.41) is 6.73. The highest BCUT2D eigenvalue weighted by atomic mass is 19.3. The minimum atomic E-state index is -2.97. The number of carbonyl (C=O) groups excluding carboxylic acids is 1. The number of para-hydroxylation sites is 1. The summed E-state index contributed by atoms with van der Waals surface area (Å²) in [5.74, 6) is -0.623. The second kappa shape index (κ2) is 6.34. The summed E-state index contributed by atoms with van der Waals surface area (Å²) in [4.78, 5) is 12.1. The van der Waals surface area contributed by atoms with Crippen LogP contribution in [0, 0.1) is 6.92 Å². The molecule has 0 saturated heterocycles. The van der Waals surface area contributed by atoms with E-state index in [1.54, 1.807) is 24.0 Å². The summed E-state index contributed by atoms with van der Waals surface area (Å²) in [6.45, 7) is -0.830. The zero-order valence-electron chi connectivity index (χ0n) is 11.6. The number of halogens is 2. The van der Waals surface area contributed by atoms with Gasteiger partial charge in [-0.2, -0.15) is 13.9 Å². The van der Waals surface area contributed by atoms with Crippen molar-refractivity contribution in [1.82, 2.24) is 15.1 Å². The molecule has 1 heterocycles. The Kier molecular flexibility index (Phi) is 4.52. The van der Waals surface area contributed by atoms with Crippen LogP contribution in [0.3, 0.4) is 0 Å². The number of ether oxygens (including phenoxy) is 1. The van der Waals surface area contributed by atoms with Crippen LogP contribution in [-0.4, -0.2) is 22.3 Å². The molecule has 1 aromatic carbocycles. The van der Waals surface area contributed by atoms with Crippen molar-refractivity contribution in [2.45, 2.75) is 20.1 Å². The predicted molar refractivity (Wildman–Crippen MR) is 72.2 cm³/mol. The Morgan fingerprint density at radius 3 is 2.76 bits per heavy atom. The Morgan fingerprint density at radius 2 is 2.14 bits per heavy atom. The molecule has 2 aromatic rings. The van der Waals surface area contributed by atoms with Crippen molar-refractivity contribution in [3.05, 3.63) is 47.3 Å². The van der Waals surface area contributed by atoms with Crippen molar-refractivity contribution < 1.29 is 18.3 Å². The van der Waals surface area contributed by atoms with Crippen molar-refractivity contribution in [1.29, 1.82) is 0 Å². The minimum Gasteiger partial charge on any atom is -0.434 e. The molecule has 0 aliphatic heterocycles. The molecule has 112 valence electrons. The van der Waals surface area contributed by atoms with E-state index in [0.717, 1.165) is 11.3 Å². The van der Waals surface area contributed by atoms with E-state index in [1.807, 2.05) is 6.92 Å². The number of aryl methyl sites for hydroxylation is 1. The standard InChI is InChI=1S/C14H15F2N3O2/c1-9-10(8-18-19(9)2)7-17-13(20)11-5-3-4-6-12(11)21-14(15)16/h3-6,8,14H,7H2,1-2H3,(H,17,20). The third-order valence-electron chi connectivity index (χ3n) is 3.12. The first-order valence-electron chi connectivity index (χ1n) is 6.28. The van der Waals surface area contributed by atoms with Gasteiger partial charge in [0.05, 0.1) is 11.8 Å². The molecule has 0 saturated carbocycles. The first-order chi connectivity index (χ1) is 9.99. The second-order valence-electron chi connectivity index (χ2n) is 4.44. The Balaban J connectivity index is 2.08. The first kappa shape index (κ1) is 15.0. The molecular formula is C14H15F2N3O2. The average molecular weight is 295 g/mol. The largest absolute Gasteiger partial charge is 0.434 e. The molecule has 0 bridgehead atoms. The van der Waals surface area contributed by atoms with Gasteiger partial charge in [-0.15, -0.1) is 0 Å². The number of hydrogen-bond acceptors (Lipinski definition) is 3. The summed E-state index contributed by atoms with van der Waals surface area (Å²) in [6.07, 6.45) is 1.65. The Morgan fingerprint density at radius 1 is 1.43 bits per heavy atom. The highest BCUT2D eigenvalue weighted by Gasteiger charge is 2.15.